The fourth-order valence-electron chi connectivity index (χ4n) is 3.43. The zero-order valence-electron chi connectivity index (χ0n) is 16.8. The molecule has 11 heteroatoms. The molecule has 1 heterocycles. The van der Waals surface area contributed by atoms with Crippen LogP contribution in [0.5, 0.6) is 5.75 Å². The van der Waals surface area contributed by atoms with Crippen molar-refractivity contribution in [1.29, 1.82) is 0 Å². The van der Waals surface area contributed by atoms with Gasteiger partial charge in [0.25, 0.3) is 0 Å². The van der Waals surface area contributed by atoms with Crippen LogP contribution in [-0.2, 0) is 27.6 Å². The Bertz CT molecular complexity index is 1150. The van der Waals surface area contributed by atoms with Crippen molar-refractivity contribution in [3.05, 3.63) is 45.8 Å². The molecule has 1 aliphatic carbocycles. The molecule has 0 radical (unpaired) electrons. The van der Waals surface area contributed by atoms with Crippen molar-refractivity contribution in [3.8, 4) is 5.75 Å². The lowest BCUT2D eigenvalue weighted by molar-refractivity contribution is -0.274. The highest BCUT2D eigenvalue weighted by molar-refractivity contribution is 7.92. The van der Waals surface area contributed by atoms with Crippen LogP contribution < -0.4 is 4.74 Å². The summed E-state index contributed by atoms with van der Waals surface area (Å²) in [6.45, 7) is 3.33. The molecule has 6 nitrogen and oxygen atoms in total. The SMILES string of the molecule is CC1(C)CC(=O)c2c(S(C)(=O)=O)sc(C(=O)OCc3cccc(OC(F)(F)F)c3)c2C1. The summed E-state index contributed by atoms with van der Waals surface area (Å²) >= 11 is 0.684. The minimum absolute atomic E-state index is 0.0132. The molecule has 1 aliphatic rings. The summed E-state index contributed by atoms with van der Waals surface area (Å²) in [7, 11) is -3.75. The molecule has 0 saturated heterocycles. The standard InChI is InChI=1S/C20H19F3O6S2/c1-19(2)8-13-15(14(24)9-19)18(31(3,26)27)30-16(13)17(25)28-10-11-5-4-6-12(7-11)29-20(21,22)23/h4-7H,8-10H2,1-3H3. The highest BCUT2D eigenvalue weighted by atomic mass is 32.2. The molecule has 3 rings (SSSR count). The lowest BCUT2D eigenvalue weighted by atomic mass is 9.74. The third-order valence-corrected chi connectivity index (χ3v) is 7.61. The summed E-state index contributed by atoms with van der Waals surface area (Å²) < 4.78 is 70.4. The number of benzene rings is 1. The second kappa shape index (κ2) is 7.94. The molecule has 0 N–H and O–H groups in total. The van der Waals surface area contributed by atoms with E-state index in [9.17, 15) is 31.2 Å². The predicted molar refractivity (Wildman–Crippen MR) is 106 cm³/mol. The van der Waals surface area contributed by atoms with Crippen LogP contribution >= 0.6 is 11.3 Å². The number of thiophene rings is 1. The molecule has 168 valence electrons. The van der Waals surface area contributed by atoms with Crippen molar-refractivity contribution in [3.63, 3.8) is 0 Å². The van der Waals surface area contributed by atoms with Crippen molar-refractivity contribution in [1.82, 2.24) is 0 Å². The van der Waals surface area contributed by atoms with Gasteiger partial charge >= 0.3 is 12.3 Å². The molecule has 1 aromatic heterocycles. The number of Topliss-reactive ketones (excluding diaryl/α,β-unsaturated/α-hetero) is 1. The minimum atomic E-state index is -4.85. The van der Waals surface area contributed by atoms with Gasteiger partial charge in [0.15, 0.2) is 15.6 Å². The Morgan fingerprint density at radius 3 is 2.52 bits per heavy atom. The number of ketones is 1. The van der Waals surface area contributed by atoms with Crippen molar-refractivity contribution >= 4 is 32.9 Å². The molecular weight excluding hydrogens is 457 g/mol. The number of carbonyl (C=O) groups excluding carboxylic acids is 2. The number of esters is 1. The van der Waals surface area contributed by atoms with E-state index in [4.69, 9.17) is 4.74 Å². The molecule has 0 saturated carbocycles. The van der Waals surface area contributed by atoms with Crippen molar-refractivity contribution in [2.24, 2.45) is 5.41 Å². The van der Waals surface area contributed by atoms with E-state index in [0.29, 0.717) is 23.3 Å². The normalized spacial score (nSPS) is 16.0. The van der Waals surface area contributed by atoms with Gasteiger partial charge in [0, 0.05) is 12.7 Å². The van der Waals surface area contributed by atoms with Crippen LogP contribution in [0.2, 0.25) is 0 Å². The number of hydrogen-bond acceptors (Lipinski definition) is 7. The average Bonchev–Trinajstić information content (AvgIpc) is 2.97. The van der Waals surface area contributed by atoms with Gasteiger partial charge in [-0.2, -0.15) is 0 Å². The number of ether oxygens (including phenoxy) is 2. The lowest BCUT2D eigenvalue weighted by Gasteiger charge is -2.29. The summed E-state index contributed by atoms with van der Waals surface area (Å²) in [4.78, 5) is 25.4. The predicted octanol–water partition coefficient (Wildman–Crippen LogP) is 4.56. The number of carbonyl (C=O) groups is 2. The Labute approximate surface area is 180 Å². The van der Waals surface area contributed by atoms with Crippen LogP contribution in [0.25, 0.3) is 0 Å². The minimum Gasteiger partial charge on any atom is -0.457 e. The van der Waals surface area contributed by atoms with Crippen LogP contribution in [0.4, 0.5) is 13.2 Å². The molecule has 0 aliphatic heterocycles. The summed E-state index contributed by atoms with van der Waals surface area (Å²) in [6.07, 6.45) is -3.42. The van der Waals surface area contributed by atoms with E-state index in [2.05, 4.69) is 4.74 Å². The van der Waals surface area contributed by atoms with E-state index in [1.165, 1.54) is 12.1 Å². The fourth-order valence-corrected chi connectivity index (χ4v) is 5.86. The maximum atomic E-state index is 12.7. The van der Waals surface area contributed by atoms with Crippen LogP contribution in [0.15, 0.2) is 28.5 Å². The molecule has 2 aromatic rings. The Balaban J connectivity index is 1.88. The average molecular weight is 476 g/mol. The summed E-state index contributed by atoms with van der Waals surface area (Å²) in [5.41, 5.74) is 0.170. The Morgan fingerprint density at radius 2 is 1.90 bits per heavy atom. The van der Waals surface area contributed by atoms with E-state index < -0.39 is 33.3 Å². The number of fused-ring (bicyclic) bond motifs is 1. The number of sulfone groups is 1. The van der Waals surface area contributed by atoms with E-state index in [0.717, 1.165) is 18.4 Å². The fraction of sp³-hybridized carbons (Fsp3) is 0.400. The van der Waals surface area contributed by atoms with Gasteiger partial charge in [0.1, 0.15) is 21.4 Å². The first-order valence-electron chi connectivity index (χ1n) is 9.07. The second-order valence-electron chi connectivity index (χ2n) is 8.06. The van der Waals surface area contributed by atoms with Gasteiger partial charge in [-0.1, -0.05) is 26.0 Å². The van der Waals surface area contributed by atoms with E-state index in [1.807, 2.05) is 13.8 Å². The Kier molecular flexibility index (Phi) is 5.96. The summed E-state index contributed by atoms with van der Waals surface area (Å²) in [5.74, 6) is -1.65. The summed E-state index contributed by atoms with van der Waals surface area (Å²) in [5, 5.41) is 0. The molecule has 0 atom stereocenters. The third kappa shape index (κ3) is 5.45. The first kappa shape index (κ1) is 23.3. The van der Waals surface area contributed by atoms with Gasteiger partial charge in [-0.3, -0.25) is 4.79 Å². The Morgan fingerprint density at radius 1 is 1.23 bits per heavy atom. The van der Waals surface area contributed by atoms with Gasteiger partial charge in [-0.15, -0.1) is 24.5 Å². The molecule has 0 spiro atoms. The Hall–Kier alpha value is -2.40. The first-order chi connectivity index (χ1) is 14.2. The zero-order valence-corrected chi connectivity index (χ0v) is 18.5. The number of hydrogen-bond donors (Lipinski definition) is 0. The lowest BCUT2D eigenvalue weighted by Crippen LogP contribution is -2.28. The quantitative estimate of drug-likeness (QED) is 0.588. The monoisotopic (exact) mass is 476 g/mol. The topological polar surface area (TPSA) is 86.7 Å². The van der Waals surface area contributed by atoms with Crippen LogP contribution in [-0.4, -0.2) is 32.8 Å². The molecule has 0 unspecified atom stereocenters. The van der Waals surface area contributed by atoms with Gasteiger partial charge in [0.2, 0.25) is 0 Å². The van der Waals surface area contributed by atoms with Crippen molar-refractivity contribution in [2.45, 2.75) is 43.9 Å². The van der Waals surface area contributed by atoms with E-state index >= 15 is 0 Å². The molecular formula is C20H19F3O6S2. The molecule has 0 bridgehead atoms. The first-order valence-corrected chi connectivity index (χ1v) is 11.8. The van der Waals surface area contributed by atoms with E-state index in [-0.39, 0.29) is 39.0 Å². The zero-order chi connectivity index (χ0) is 23.2. The number of halogens is 3. The summed E-state index contributed by atoms with van der Waals surface area (Å²) in [6, 6.07) is 4.97. The maximum Gasteiger partial charge on any atom is 0.573 e. The maximum absolute atomic E-state index is 12.7. The van der Waals surface area contributed by atoms with Gasteiger partial charge < -0.3 is 9.47 Å². The number of alkyl halides is 3. The van der Waals surface area contributed by atoms with Crippen LogP contribution in [0.3, 0.4) is 0 Å². The highest BCUT2D eigenvalue weighted by Crippen LogP contribution is 2.43. The van der Waals surface area contributed by atoms with Crippen LogP contribution in [0, 0.1) is 5.41 Å². The molecule has 1 aromatic carbocycles. The van der Waals surface area contributed by atoms with Gasteiger partial charge in [-0.05, 0) is 35.1 Å². The van der Waals surface area contributed by atoms with E-state index in [1.54, 1.807) is 0 Å². The van der Waals surface area contributed by atoms with Crippen LogP contribution in [0.1, 0.15) is 51.4 Å². The smallest absolute Gasteiger partial charge is 0.457 e. The molecule has 0 fully saturated rings. The van der Waals surface area contributed by atoms with Gasteiger partial charge in [-0.25, -0.2) is 13.2 Å². The molecule has 31 heavy (non-hydrogen) atoms. The number of rotatable bonds is 5. The highest BCUT2D eigenvalue weighted by Gasteiger charge is 2.40. The van der Waals surface area contributed by atoms with Crippen molar-refractivity contribution < 1.29 is 40.7 Å². The van der Waals surface area contributed by atoms with Crippen molar-refractivity contribution in [2.75, 3.05) is 6.26 Å². The second-order valence-corrected chi connectivity index (χ2v) is 11.3. The van der Waals surface area contributed by atoms with Gasteiger partial charge in [0.05, 0.1) is 5.56 Å². The third-order valence-electron chi connectivity index (χ3n) is 4.57. The molecule has 0 amide bonds. The largest absolute Gasteiger partial charge is 0.573 e.